The minimum absolute atomic E-state index is 0.176. The zero-order chi connectivity index (χ0) is 17.0. The van der Waals surface area contributed by atoms with Crippen LogP contribution in [0.3, 0.4) is 0 Å². The van der Waals surface area contributed by atoms with Gasteiger partial charge in [-0.05, 0) is 30.3 Å². The molecule has 0 aliphatic heterocycles. The molecule has 4 nitrogen and oxygen atoms in total. The molecule has 23 heavy (non-hydrogen) atoms. The summed E-state index contributed by atoms with van der Waals surface area (Å²) in [5.74, 6) is -5.65. The molecule has 2 rings (SSSR count). The molecule has 2 aromatic rings. The van der Waals surface area contributed by atoms with Crippen molar-refractivity contribution in [1.29, 1.82) is 0 Å². The van der Waals surface area contributed by atoms with Crippen LogP contribution in [0, 0.1) is 23.3 Å². The maximum Gasteiger partial charge on any atom is 0.251 e. The summed E-state index contributed by atoms with van der Waals surface area (Å²) in [6.45, 7) is -0.533. The average Bonchev–Trinajstić information content (AvgIpc) is 2.50. The summed E-state index contributed by atoms with van der Waals surface area (Å²) in [5, 5.41) is 4.30. The SMILES string of the molecule is O=C(CNC(=O)c1ccc(F)c(F)c1)Nc1ccc(F)cc1F. The zero-order valence-electron chi connectivity index (χ0n) is 11.5. The molecule has 0 bridgehead atoms. The summed E-state index contributed by atoms with van der Waals surface area (Å²) < 4.78 is 51.8. The lowest BCUT2D eigenvalue weighted by Gasteiger charge is -2.08. The molecule has 0 fully saturated rings. The van der Waals surface area contributed by atoms with Crippen molar-refractivity contribution in [3.05, 3.63) is 65.2 Å². The first-order valence-corrected chi connectivity index (χ1v) is 6.35. The van der Waals surface area contributed by atoms with Crippen molar-refractivity contribution >= 4 is 17.5 Å². The number of amides is 2. The number of carbonyl (C=O) groups excluding carboxylic acids is 2. The van der Waals surface area contributed by atoms with Crippen molar-refractivity contribution in [2.24, 2.45) is 0 Å². The lowest BCUT2D eigenvalue weighted by Crippen LogP contribution is -2.33. The average molecular weight is 326 g/mol. The van der Waals surface area contributed by atoms with Gasteiger partial charge in [0.25, 0.3) is 5.91 Å². The van der Waals surface area contributed by atoms with E-state index in [0.29, 0.717) is 12.1 Å². The van der Waals surface area contributed by atoms with Gasteiger partial charge in [0.1, 0.15) is 11.6 Å². The van der Waals surface area contributed by atoms with Gasteiger partial charge in [0.15, 0.2) is 11.6 Å². The van der Waals surface area contributed by atoms with Gasteiger partial charge in [0.2, 0.25) is 5.91 Å². The van der Waals surface area contributed by atoms with Crippen molar-refractivity contribution in [2.75, 3.05) is 11.9 Å². The summed E-state index contributed by atoms with van der Waals surface area (Å²) in [4.78, 5) is 23.3. The van der Waals surface area contributed by atoms with E-state index >= 15 is 0 Å². The molecule has 0 aliphatic carbocycles. The van der Waals surface area contributed by atoms with E-state index in [0.717, 1.165) is 24.3 Å². The number of halogens is 4. The minimum Gasteiger partial charge on any atom is -0.343 e. The van der Waals surface area contributed by atoms with Gasteiger partial charge in [-0.1, -0.05) is 0 Å². The normalized spacial score (nSPS) is 10.3. The van der Waals surface area contributed by atoms with Gasteiger partial charge >= 0.3 is 0 Å². The second-order valence-corrected chi connectivity index (χ2v) is 4.48. The lowest BCUT2D eigenvalue weighted by atomic mass is 10.2. The van der Waals surface area contributed by atoms with Gasteiger partial charge in [-0.3, -0.25) is 9.59 Å². The van der Waals surface area contributed by atoms with E-state index in [1.54, 1.807) is 0 Å². The fraction of sp³-hybridized carbons (Fsp3) is 0.0667. The van der Waals surface area contributed by atoms with E-state index in [1.807, 2.05) is 0 Å². The summed E-state index contributed by atoms with van der Waals surface area (Å²) in [6, 6.07) is 5.08. The summed E-state index contributed by atoms with van der Waals surface area (Å²) in [6.07, 6.45) is 0. The molecule has 0 aliphatic rings. The largest absolute Gasteiger partial charge is 0.343 e. The Morgan fingerprint density at radius 3 is 2.26 bits per heavy atom. The van der Waals surface area contributed by atoms with Crippen LogP contribution < -0.4 is 10.6 Å². The Balaban J connectivity index is 1.93. The Labute approximate surface area is 128 Å². The van der Waals surface area contributed by atoms with Crippen LogP contribution in [0.2, 0.25) is 0 Å². The molecule has 0 spiro atoms. The molecule has 2 N–H and O–H groups in total. The molecule has 0 unspecified atom stereocenters. The van der Waals surface area contributed by atoms with E-state index in [9.17, 15) is 27.2 Å². The summed E-state index contributed by atoms with van der Waals surface area (Å²) in [7, 11) is 0. The lowest BCUT2D eigenvalue weighted by molar-refractivity contribution is -0.115. The van der Waals surface area contributed by atoms with Crippen LogP contribution in [0.15, 0.2) is 36.4 Å². The molecule has 2 amide bonds. The van der Waals surface area contributed by atoms with Crippen LogP contribution in [0.5, 0.6) is 0 Å². The molecule has 2 aromatic carbocycles. The van der Waals surface area contributed by atoms with E-state index in [1.165, 1.54) is 0 Å². The highest BCUT2D eigenvalue weighted by Crippen LogP contribution is 2.14. The second-order valence-electron chi connectivity index (χ2n) is 4.48. The summed E-state index contributed by atoms with van der Waals surface area (Å²) in [5.41, 5.74) is -0.428. The van der Waals surface area contributed by atoms with Gasteiger partial charge in [0.05, 0.1) is 12.2 Å². The van der Waals surface area contributed by atoms with Crippen LogP contribution in [0.25, 0.3) is 0 Å². The van der Waals surface area contributed by atoms with Crippen molar-refractivity contribution in [3.63, 3.8) is 0 Å². The number of nitrogens with one attached hydrogen (secondary N) is 2. The Morgan fingerprint density at radius 1 is 0.870 bits per heavy atom. The highest BCUT2D eigenvalue weighted by atomic mass is 19.2. The molecule has 0 heterocycles. The number of benzene rings is 2. The molecule has 0 aromatic heterocycles. The van der Waals surface area contributed by atoms with E-state index in [4.69, 9.17) is 0 Å². The Morgan fingerprint density at radius 2 is 1.61 bits per heavy atom. The van der Waals surface area contributed by atoms with Crippen molar-refractivity contribution < 1.29 is 27.2 Å². The molecule has 0 saturated carbocycles. The molecular formula is C15H10F4N2O2. The predicted molar refractivity (Wildman–Crippen MR) is 73.7 cm³/mol. The third-order valence-electron chi connectivity index (χ3n) is 2.80. The molecule has 8 heteroatoms. The van der Waals surface area contributed by atoms with Crippen molar-refractivity contribution in [3.8, 4) is 0 Å². The minimum atomic E-state index is -1.20. The number of rotatable bonds is 4. The molecule has 120 valence electrons. The number of hydrogen-bond donors (Lipinski definition) is 2. The van der Waals surface area contributed by atoms with Gasteiger partial charge in [-0.15, -0.1) is 0 Å². The van der Waals surface area contributed by atoms with Crippen LogP contribution >= 0.6 is 0 Å². The first-order valence-electron chi connectivity index (χ1n) is 6.35. The highest BCUT2D eigenvalue weighted by Gasteiger charge is 2.12. The van der Waals surface area contributed by atoms with Crippen molar-refractivity contribution in [1.82, 2.24) is 5.32 Å². The third kappa shape index (κ3) is 4.29. The van der Waals surface area contributed by atoms with Gasteiger partial charge < -0.3 is 10.6 Å². The quantitative estimate of drug-likeness (QED) is 0.849. The monoisotopic (exact) mass is 326 g/mol. The first kappa shape index (κ1) is 16.5. The zero-order valence-corrected chi connectivity index (χ0v) is 11.5. The predicted octanol–water partition coefficient (Wildman–Crippen LogP) is 2.61. The second kappa shape index (κ2) is 6.91. The van der Waals surface area contributed by atoms with Crippen LogP contribution in [0.1, 0.15) is 10.4 Å². The highest BCUT2D eigenvalue weighted by molar-refractivity contribution is 5.99. The first-order chi connectivity index (χ1) is 10.9. The maximum atomic E-state index is 13.3. The number of carbonyl (C=O) groups is 2. The van der Waals surface area contributed by atoms with E-state index in [-0.39, 0.29) is 11.3 Å². The molecule has 0 saturated heterocycles. The van der Waals surface area contributed by atoms with Crippen molar-refractivity contribution in [2.45, 2.75) is 0 Å². The third-order valence-corrected chi connectivity index (χ3v) is 2.80. The fourth-order valence-electron chi connectivity index (χ4n) is 1.69. The summed E-state index contributed by atoms with van der Waals surface area (Å²) >= 11 is 0. The van der Waals surface area contributed by atoms with Gasteiger partial charge in [0, 0.05) is 11.6 Å². The van der Waals surface area contributed by atoms with E-state index < -0.39 is 41.6 Å². The Bertz CT molecular complexity index is 765. The Kier molecular flexibility index (Phi) is 4.95. The van der Waals surface area contributed by atoms with Crippen LogP contribution in [-0.4, -0.2) is 18.4 Å². The van der Waals surface area contributed by atoms with E-state index in [2.05, 4.69) is 10.6 Å². The van der Waals surface area contributed by atoms with Crippen LogP contribution in [-0.2, 0) is 4.79 Å². The number of hydrogen-bond acceptors (Lipinski definition) is 2. The van der Waals surface area contributed by atoms with Crippen LogP contribution in [0.4, 0.5) is 23.2 Å². The topological polar surface area (TPSA) is 58.2 Å². The smallest absolute Gasteiger partial charge is 0.251 e. The maximum absolute atomic E-state index is 13.3. The molecule has 0 atom stereocenters. The molecule has 0 radical (unpaired) electrons. The number of anilines is 1. The standard InChI is InChI=1S/C15H10F4N2O2/c16-9-2-4-13(12(19)6-9)21-14(22)7-20-15(23)8-1-3-10(17)11(18)5-8/h1-6H,7H2,(H,20,23)(H,21,22). The van der Waals surface area contributed by atoms with Gasteiger partial charge in [-0.25, -0.2) is 17.6 Å². The Hall–Kier alpha value is -2.90. The molecular weight excluding hydrogens is 316 g/mol. The van der Waals surface area contributed by atoms with Gasteiger partial charge in [-0.2, -0.15) is 0 Å². The fourth-order valence-corrected chi connectivity index (χ4v) is 1.69.